The second-order valence-corrected chi connectivity index (χ2v) is 5.02. The molecule has 0 saturated carbocycles. The average Bonchev–Trinajstić information content (AvgIpc) is 2.25. The molecule has 0 saturated heterocycles. The Balaban J connectivity index is 2.67. The van der Waals surface area contributed by atoms with Crippen LogP contribution in [0.2, 0.25) is 0 Å². The standard InChI is InChI=1S/C13H16O4/c1-13(2,3)8-17-12(16)10-6-4-9(5-7-10)11(14)15/h4-7H,8H2,1-3H3,(H,14,15). The largest absolute Gasteiger partial charge is 0.478 e. The van der Waals surface area contributed by atoms with Crippen LogP contribution in [0.1, 0.15) is 41.5 Å². The van der Waals surface area contributed by atoms with E-state index in [1.54, 1.807) is 0 Å². The highest BCUT2D eigenvalue weighted by atomic mass is 16.5. The van der Waals surface area contributed by atoms with Gasteiger partial charge < -0.3 is 9.84 Å². The number of hydrogen-bond donors (Lipinski definition) is 1. The van der Waals surface area contributed by atoms with Crippen molar-refractivity contribution >= 4 is 11.9 Å². The lowest BCUT2D eigenvalue weighted by molar-refractivity contribution is 0.0366. The highest BCUT2D eigenvalue weighted by Gasteiger charge is 2.15. The molecule has 0 aliphatic heterocycles. The zero-order valence-electron chi connectivity index (χ0n) is 10.2. The number of benzene rings is 1. The van der Waals surface area contributed by atoms with Gasteiger partial charge in [0.25, 0.3) is 0 Å². The van der Waals surface area contributed by atoms with Crippen molar-refractivity contribution in [2.45, 2.75) is 20.8 Å². The van der Waals surface area contributed by atoms with Crippen LogP contribution in [0.5, 0.6) is 0 Å². The predicted molar refractivity (Wildman–Crippen MR) is 63.1 cm³/mol. The normalized spacial score (nSPS) is 11.0. The van der Waals surface area contributed by atoms with Crippen LogP contribution in [-0.2, 0) is 4.74 Å². The average molecular weight is 236 g/mol. The summed E-state index contributed by atoms with van der Waals surface area (Å²) in [6, 6.07) is 5.68. The minimum atomic E-state index is -1.01. The number of aromatic carboxylic acids is 1. The molecule has 0 heterocycles. The first-order valence-corrected chi connectivity index (χ1v) is 5.30. The number of carboxylic acid groups (broad SMARTS) is 1. The lowest BCUT2D eigenvalue weighted by Gasteiger charge is -2.17. The van der Waals surface area contributed by atoms with E-state index in [0.717, 1.165) is 0 Å². The summed E-state index contributed by atoms with van der Waals surface area (Å²) < 4.78 is 5.11. The van der Waals surface area contributed by atoms with E-state index < -0.39 is 11.9 Å². The molecule has 1 N–H and O–H groups in total. The van der Waals surface area contributed by atoms with Crippen LogP contribution in [0, 0.1) is 5.41 Å². The van der Waals surface area contributed by atoms with E-state index in [0.29, 0.717) is 12.2 Å². The first-order chi connectivity index (χ1) is 7.79. The second kappa shape index (κ2) is 4.99. The highest BCUT2D eigenvalue weighted by Crippen LogP contribution is 2.14. The van der Waals surface area contributed by atoms with Crippen LogP contribution < -0.4 is 0 Å². The summed E-state index contributed by atoms with van der Waals surface area (Å²) in [6.45, 7) is 6.22. The van der Waals surface area contributed by atoms with E-state index in [4.69, 9.17) is 9.84 Å². The Hall–Kier alpha value is -1.84. The number of carboxylic acids is 1. The lowest BCUT2D eigenvalue weighted by Crippen LogP contribution is -2.18. The Morgan fingerprint density at radius 1 is 1.12 bits per heavy atom. The molecule has 0 aliphatic rings. The number of rotatable bonds is 3. The van der Waals surface area contributed by atoms with E-state index in [-0.39, 0.29) is 11.0 Å². The first kappa shape index (κ1) is 13.2. The van der Waals surface area contributed by atoms with Crippen LogP contribution in [0.25, 0.3) is 0 Å². The van der Waals surface area contributed by atoms with Gasteiger partial charge in [-0.05, 0) is 29.7 Å². The molecule has 0 unspecified atom stereocenters. The first-order valence-electron chi connectivity index (χ1n) is 5.30. The lowest BCUT2D eigenvalue weighted by atomic mass is 9.99. The zero-order valence-corrected chi connectivity index (χ0v) is 10.2. The van der Waals surface area contributed by atoms with Crippen LogP contribution in [0.15, 0.2) is 24.3 Å². The third-order valence-corrected chi connectivity index (χ3v) is 2.00. The number of ether oxygens (including phenoxy) is 1. The zero-order chi connectivity index (χ0) is 13.1. The van der Waals surface area contributed by atoms with Gasteiger partial charge in [0.2, 0.25) is 0 Å². The van der Waals surface area contributed by atoms with Gasteiger partial charge in [-0.15, -0.1) is 0 Å². The second-order valence-electron chi connectivity index (χ2n) is 5.02. The Bertz CT molecular complexity index is 412. The van der Waals surface area contributed by atoms with Crippen molar-refractivity contribution in [2.24, 2.45) is 5.41 Å². The van der Waals surface area contributed by atoms with Crippen LogP contribution in [-0.4, -0.2) is 23.7 Å². The molecule has 1 rings (SSSR count). The molecule has 1 aromatic rings. The monoisotopic (exact) mass is 236 g/mol. The molecular weight excluding hydrogens is 220 g/mol. The maximum atomic E-state index is 11.6. The van der Waals surface area contributed by atoms with Crippen molar-refractivity contribution in [1.82, 2.24) is 0 Å². The number of carbonyl (C=O) groups excluding carboxylic acids is 1. The smallest absolute Gasteiger partial charge is 0.338 e. The molecule has 0 aromatic heterocycles. The fourth-order valence-electron chi connectivity index (χ4n) is 1.11. The van der Waals surface area contributed by atoms with Crippen molar-refractivity contribution in [3.8, 4) is 0 Å². The van der Waals surface area contributed by atoms with E-state index in [1.165, 1.54) is 24.3 Å². The van der Waals surface area contributed by atoms with E-state index >= 15 is 0 Å². The summed E-state index contributed by atoms with van der Waals surface area (Å²) in [5.74, 6) is -1.45. The van der Waals surface area contributed by atoms with Gasteiger partial charge in [-0.1, -0.05) is 20.8 Å². The molecule has 0 radical (unpaired) electrons. The fraction of sp³-hybridized carbons (Fsp3) is 0.385. The van der Waals surface area contributed by atoms with Gasteiger partial charge in [-0.3, -0.25) is 0 Å². The summed E-state index contributed by atoms with van der Waals surface area (Å²) >= 11 is 0. The number of esters is 1. The molecule has 0 atom stereocenters. The van der Waals surface area contributed by atoms with Gasteiger partial charge in [-0.2, -0.15) is 0 Å². The van der Waals surface area contributed by atoms with Gasteiger partial charge in [0, 0.05) is 0 Å². The molecule has 17 heavy (non-hydrogen) atoms. The third kappa shape index (κ3) is 4.26. The summed E-state index contributed by atoms with van der Waals surface area (Å²) in [5.41, 5.74) is 0.424. The fourth-order valence-corrected chi connectivity index (χ4v) is 1.11. The van der Waals surface area contributed by atoms with Gasteiger partial charge in [0.05, 0.1) is 17.7 Å². The summed E-state index contributed by atoms with van der Waals surface area (Å²) in [4.78, 5) is 22.2. The molecule has 0 aliphatic carbocycles. The molecule has 1 aromatic carbocycles. The van der Waals surface area contributed by atoms with Crippen LogP contribution >= 0.6 is 0 Å². The summed E-state index contributed by atoms with van der Waals surface area (Å²) in [6.07, 6.45) is 0. The van der Waals surface area contributed by atoms with E-state index in [2.05, 4.69) is 0 Å². The number of carbonyl (C=O) groups is 2. The molecule has 4 nitrogen and oxygen atoms in total. The van der Waals surface area contributed by atoms with Crippen molar-refractivity contribution in [3.63, 3.8) is 0 Å². The topological polar surface area (TPSA) is 63.6 Å². The molecule has 0 amide bonds. The minimum Gasteiger partial charge on any atom is -0.478 e. The number of hydrogen-bond acceptors (Lipinski definition) is 3. The minimum absolute atomic E-state index is 0.0866. The van der Waals surface area contributed by atoms with Crippen molar-refractivity contribution in [1.29, 1.82) is 0 Å². The van der Waals surface area contributed by atoms with E-state index in [9.17, 15) is 9.59 Å². The summed E-state index contributed by atoms with van der Waals surface area (Å²) in [5, 5.41) is 8.71. The maximum Gasteiger partial charge on any atom is 0.338 e. The quantitative estimate of drug-likeness (QED) is 0.819. The highest BCUT2D eigenvalue weighted by molar-refractivity contribution is 5.92. The molecule has 92 valence electrons. The van der Waals surface area contributed by atoms with Crippen molar-refractivity contribution in [3.05, 3.63) is 35.4 Å². The molecule has 0 bridgehead atoms. The molecule has 4 heteroatoms. The summed E-state index contributed by atoms with van der Waals surface area (Å²) in [7, 11) is 0. The predicted octanol–water partition coefficient (Wildman–Crippen LogP) is 2.59. The Labute approximate surface area is 100 Å². The SMILES string of the molecule is CC(C)(C)COC(=O)c1ccc(C(=O)O)cc1. The van der Waals surface area contributed by atoms with Gasteiger partial charge in [0.1, 0.15) is 0 Å². The van der Waals surface area contributed by atoms with Gasteiger partial charge in [-0.25, -0.2) is 9.59 Å². The van der Waals surface area contributed by atoms with Crippen LogP contribution in [0.3, 0.4) is 0 Å². The van der Waals surface area contributed by atoms with Gasteiger partial charge in [0.15, 0.2) is 0 Å². The van der Waals surface area contributed by atoms with Crippen molar-refractivity contribution < 1.29 is 19.4 Å². The Morgan fingerprint density at radius 2 is 1.59 bits per heavy atom. The van der Waals surface area contributed by atoms with Crippen molar-refractivity contribution in [2.75, 3.05) is 6.61 Å². The Kier molecular flexibility index (Phi) is 3.89. The third-order valence-electron chi connectivity index (χ3n) is 2.00. The maximum absolute atomic E-state index is 11.6. The van der Waals surface area contributed by atoms with Gasteiger partial charge >= 0.3 is 11.9 Å². The molecule has 0 fully saturated rings. The Morgan fingerprint density at radius 3 is 2.00 bits per heavy atom. The molecule has 0 spiro atoms. The van der Waals surface area contributed by atoms with Crippen LogP contribution in [0.4, 0.5) is 0 Å². The molecular formula is C13H16O4. The van der Waals surface area contributed by atoms with E-state index in [1.807, 2.05) is 20.8 Å².